The van der Waals surface area contributed by atoms with Gasteiger partial charge in [-0.3, -0.25) is 0 Å². The van der Waals surface area contributed by atoms with E-state index in [1.807, 2.05) is 12.1 Å². The van der Waals surface area contributed by atoms with Gasteiger partial charge in [0.1, 0.15) is 0 Å². The second-order valence-electron chi connectivity index (χ2n) is 5.80. The average molecular weight is 331 g/mol. The Hall–Kier alpha value is -0.320. The predicted molar refractivity (Wildman–Crippen MR) is 89.0 cm³/mol. The maximum atomic E-state index is 6.28. The van der Waals surface area contributed by atoms with Crippen molar-refractivity contribution >= 4 is 23.2 Å². The molecule has 3 nitrogen and oxygen atoms in total. The molecule has 1 aliphatic heterocycles. The highest BCUT2D eigenvalue weighted by Crippen LogP contribution is 2.30. The standard InChI is InChI=1S/C16H24Cl2N2O/c1-21-11-12-4-3-8-20(10-12)9-7-15(19)13-5-2-6-14(17)16(13)18/h2,5-6,12,15H,3-4,7-11,19H2,1H3. The first kappa shape index (κ1) is 17.0. The van der Waals surface area contributed by atoms with Crippen LogP contribution in [0.1, 0.15) is 30.9 Å². The van der Waals surface area contributed by atoms with E-state index in [1.165, 1.54) is 12.8 Å². The molecule has 1 aromatic rings. The zero-order valence-corrected chi connectivity index (χ0v) is 14.0. The van der Waals surface area contributed by atoms with Crippen molar-refractivity contribution in [3.05, 3.63) is 33.8 Å². The van der Waals surface area contributed by atoms with Crippen molar-refractivity contribution < 1.29 is 4.74 Å². The minimum atomic E-state index is -0.0704. The Morgan fingerprint density at radius 1 is 1.43 bits per heavy atom. The number of halogens is 2. The molecule has 21 heavy (non-hydrogen) atoms. The van der Waals surface area contributed by atoms with Gasteiger partial charge >= 0.3 is 0 Å². The highest BCUT2D eigenvalue weighted by atomic mass is 35.5. The van der Waals surface area contributed by atoms with Gasteiger partial charge in [-0.1, -0.05) is 35.3 Å². The van der Waals surface area contributed by atoms with Crippen LogP contribution in [0.4, 0.5) is 0 Å². The van der Waals surface area contributed by atoms with Gasteiger partial charge in [-0.05, 0) is 49.9 Å². The van der Waals surface area contributed by atoms with Crippen LogP contribution in [-0.4, -0.2) is 38.3 Å². The number of methoxy groups -OCH3 is 1. The number of hydrogen-bond acceptors (Lipinski definition) is 3. The number of ether oxygens (including phenoxy) is 1. The summed E-state index contributed by atoms with van der Waals surface area (Å²) in [6.45, 7) is 4.09. The van der Waals surface area contributed by atoms with Gasteiger partial charge in [0.05, 0.1) is 16.7 Å². The molecule has 2 N–H and O–H groups in total. The van der Waals surface area contributed by atoms with Gasteiger partial charge in [0, 0.05) is 19.7 Å². The summed E-state index contributed by atoms with van der Waals surface area (Å²) in [5.41, 5.74) is 7.22. The number of hydrogen-bond donors (Lipinski definition) is 1. The van der Waals surface area contributed by atoms with Crippen molar-refractivity contribution in [2.24, 2.45) is 11.7 Å². The van der Waals surface area contributed by atoms with E-state index in [4.69, 9.17) is 33.7 Å². The lowest BCUT2D eigenvalue weighted by atomic mass is 9.98. The highest BCUT2D eigenvalue weighted by Gasteiger charge is 2.21. The number of piperidine rings is 1. The monoisotopic (exact) mass is 330 g/mol. The van der Waals surface area contributed by atoms with E-state index < -0.39 is 0 Å². The molecule has 0 aliphatic carbocycles. The normalized spacial score (nSPS) is 21.4. The first-order valence-corrected chi connectivity index (χ1v) is 8.28. The summed E-state index contributed by atoms with van der Waals surface area (Å²) < 4.78 is 5.27. The van der Waals surface area contributed by atoms with E-state index in [-0.39, 0.29) is 6.04 Å². The predicted octanol–water partition coefficient (Wildman–Crippen LogP) is 3.74. The summed E-state index contributed by atoms with van der Waals surface area (Å²) in [5, 5.41) is 1.16. The molecule has 2 atom stereocenters. The zero-order valence-electron chi connectivity index (χ0n) is 12.5. The number of nitrogens with zero attached hydrogens (tertiary/aromatic N) is 1. The zero-order chi connectivity index (χ0) is 15.2. The Labute approximate surface area is 137 Å². The van der Waals surface area contributed by atoms with Crippen LogP contribution < -0.4 is 5.73 Å². The van der Waals surface area contributed by atoms with E-state index in [0.29, 0.717) is 16.0 Å². The fourth-order valence-electron chi connectivity index (χ4n) is 3.01. The molecular weight excluding hydrogens is 307 g/mol. The molecule has 1 fully saturated rings. The first-order chi connectivity index (χ1) is 10.1. The summed E-state index contributed by atoms with van der Waals surface area (Å²) in [7, 11) is 1.77. The van der Waals surface area contributed by atoms with Gasteiger partial charge in [0.2, 0.25) is 0 Å². The summed E-state index contributed by atoms with van der Waals surface area (Å²) in [4.78, 5) is 2.48. The lowest BCUT2D eigenvalue weighted by Crippen LogP contribution is -2.38. The fourth-order valence-corrected chi connectivity index (χ4v) is 3.46. The van der Waals surface area contributed by atoms with E-state index in [2.05, 4.69) is 4.90 Å². The fraction of sp³-hybridized carbons (Fsp3) is 0.625. The largest absolute Gasteiger partial charge is 0.384 e. The van der Waals surface area contributed by atoms with Crippen LogP contribution in [0.25, 0.3) is 0 Å². The second kappa shape index (κ2) is 8.35. The van der Waals surface area contributed by atoms with E-state index in [9.17, 15) is 0 Å². The molecule has 0 radical (unpaired) electrons. The summed E-state index contributed by atoms with van der Waals surface area (Å²) in [5.74, 6) is 0.648. The minimum absolute atomic E-state index is 0.0704. The van der Waals surface area contributed by atoms with Crippen LogP contribution >= 0.6 is 23.2 Å². The Balaban J connectivity index is 1.86. The third-order valence-electron chi connectivity index (χ3n) is 4.14. The van der Waals surface area contributed by atoms with Crippen molar-refractivity contribution in [2.45, 2.75) is 25.3 Å². The summed E-state index contributed by atoms with van der Waals surface area (Å²) in [6.07, 6.45) is 3.39. The van der Waals surface area contributed by atoms with Crippen molar-refractivity contribution in [1.82, 2.24) is 4.90 Å². The van der Waals surface area contributed by atoms with Crippen LogP contribution in [-0.2, 0) is 4.74 Å². The molecule has 0 bridgehead atoms. The molecule has 0 amide bonds. The van der Waals surface area contributed by atoms with E-state index in [0.717, 1.165) is 38.2 Å². The summed E-state index contributed by atoms with van der Waals surface area (Å²) >= 11 is 12.3. The molecule has 0 saturated carbocycles. The lowest BCUT2D eigenvalue weighted by molar-refractivity contribution is 0.0892. The molecule has 1 saturated heterocycles. The number of rotatable bonds is 6. The third-order valence-corrected chi connectivity index (χ3v) is 4.98. The van der Waals surface area contributed by atoms with Crippen LogP contribution in [0.5, 0.6) is 0 Å². The number of nitrogens with two attached hydrogens (primary N) is 1. The van der Waals surface area contributed by atoms with Gasteiger partial charge in [-0.25, -0.2) is 0 Å². The molecule has 118 valence electrons. The maximum Gasteiger partial charge on any atom is 0.0640 e. The Kier molecular flexibility index (Phi) is 6.77. The first-order valence-electron chi connectivity index (χ1n) is 7.52. The molecule has 1 heterocycles. The average Bonchev–Trinajstić information content (AvgIpc) is 2.48. The molecule has 1 aromatic carbocycles. The van der Waals surface area contributed by atoms with E-state index in [1.54, 1.807) is 13.2 Å². The summed E-state index contributed by atoms with van der Waals surface area (Å²) in [6, 6.07) is 5.58. The quantitative estimate of drug-likeness (QED) is 0.863. The van der Waals surface area contributed by atoms with Gasteiger partial charge in [0.15, 0.2) is 0 Å². The third kappa shape index (κ3) is 4.83. The van der Waals surface area contributed by atoms with Crippen LogP contribution in [0.3, 0.4) is 0 Å². The minimum Gasteiger partial charge on any atom is -0.384 e. The molecule has 2 unspecified atom stereocenters. The molecule has 2 rings (SSSR count). The molecule has 0 spiro atoms. The lowest BCUT2D eigenvalue weighted by Gasteiger charge is -2.33. The molecule has 1 aliphatic rings. The molecular formula is C16H24Cl2N2O. The van der Waals surface area contributed by atoms with Crippen molar-refractivity contribution in [3.63, 3.8) is 0 Å². The van der Waals surface area contributed by atoms with Crippen molar-refractivity contribution in [1.29, 1.82) is 0 Å². The van der Waals surface area contributed by atoms with Crippen molar-refractivity contribution in [2.75, 3.05) is 33.4 Å². The van der Waals surface area contributed by atoms with E-state index >= 15 is 0 Å². The number of likely N-dealkylation sites (tertiary alicyclic amines) is 1. The SMILES string of the molecule is COCC1CCCN(CCC(N)c2cccc(Cl)c2Cl)C1. The van der Waals surface area contributed by atoms with Crippen molar-refractivity contribution in [3.8, 4) is 0 Å². The van der Waals surface area contributed by atoms with Crippen LogP contribution in [0, 0.1) is 5.92 Å². The van der Waals surface area contributed by atoms with Gasteiger partial charge < -0.3 is 15.4 Å². The molecule has 5 heteroatoms. The maximum absolute atomic E-state index is 6.28. The van der Waals surface area contributed by atoms with Crippen LogP contribution in [0.15, 0.2) is 18.2 Å². The Morgan fingerprint density at radius 2 is 2.24 bits per heavy atom. The van der Waals surface area contributed by atoms with Gasteiger partial charge in [0.25, 0.3) is 0 Å². The Bertz CT molecular complexity index is 454. The number of benzene rings is 1. The Morgan fingerprint density at radius 3 is 3.00 bits per heavy atom. The topological polar surface area (TPSA) is 38.5 Å². The molecule has 0 aromatic heterocycles. The van der Waals surface area contributed by atoms with Gasteiger partial charge in [-0.15, -0.1) is 0 Å². The smallest absolute Gasteiger partial charge is 0.0640 e. The second-order valence-corrected chi connectivity index (χ2v) is 6.59. The highest BCUT2D eigenvalue weighted by molar-refractivity contribution is 6.42. The van der Waals surface area contributed by atoms with Crippen LogP contribution in [0.2, 0.25) is 10.0 Å². The van der Waals surface area contributed by atoms with Gasteiger partial charge in [-0.2, -0.15) is 0 Å².